The zero-order valence-electron chi connectivity index (χ0n) is 17.9. The topological polar surface area (TPSA) is 83.4 Å². The van der Waals surface area contributed by atoms with Crippen molar-refractivity contribution in [2.24, 2.45) is 4.99 Å². The van der Waals surface area contributed by atoms with Crippen molar-refractivity contribution in [1.29, 1.82) is 0 Å². The number of ketones is 1. The summed E-state index contributed by atoms with van der Waals surface area (Å²) in [6, 6.07) is 2.10. The molecule has 2 aliphatic rings. The summed E-state index contributed by atoms with van der Waals surface area (Å²) in [6.07, 6.45) is 9.59. The number of pyridine rings is 1. The van der Waals surface area contributed by atoms with E-state index in [1.807, 2.05) is 6.92 Å². The molecule has 0 atom stereocenters. The van der Waals surface area contributed by atoms with Crippen molar-refractivity contribution in [2.75, 3.05) is 26.0 Å². The van der Waals surface area contributed by atoms with Gasteiger partial charge < -0.3 is 10.2 Å². The molecule has 31 heavy (non-hydrogen) atoms. The van der Waals surface area contributed by atoms with E-state index in [0.29, 0.717) is 34.4 Å². The molecule has 0 bridgehead atoms. The lowest BCUT2D eigenvalue weighted by atomic mass is 9.91. The highest BCUT2D eigenvalue weighted by Crippen LogP contribution is 2.33. The smallest absolute Gasteiger partial charge is 0.227 e. The molecule has 0 saturated heterocycles. The molecule has 1 N–H and O–H groups in total. The Morgan fingerprint density at radius 3 is 2.87 bits per heavy atom. The molecule has 1 aliphatic heterocycles. The SMILES string of the molecule is Cc1ncc(Nc2ncc3c(n2)C2=C(CC=C(Cl)C=N2)C(=O)C3)cc1CCCN(C)C. The maximum atomic E-state index is 12.5. The average molecular weight is 437 g/mol. The van der Waals surface area contributed by atoms with Crippen LogP contribution in [0.1, 0.15) is 35.4 Å². The second-order valence-electron chi connectivity index (χ2n) is 8.05. The van der Waals surface area contributed by atoms with E-state index in [1.165, 1.54) is 5.56 Å². The molecular weight excluding hydrogens is 412 g/mol. The number of hydrogen-bond acceptors (Lipinski definition) is 7. The van der Waals surface area contributed by atoms with Gasteiger partial charge in [0.2, 0.25) is 5.95 Å². The quantitative estimate of drug-likeness (QED) is 0.740. The zero-order valence-corrected chi connectivity index (χ0v) is 18.7. The summed E-state index contributed by atoms with van der Waals surface area (Å²) in [6.45, 7) is 3.05. The first-order chi connectivity index (χ1) is 14.9. The maximum absolute atomic E-state index is 12.5. The van der Waals surface area contributed by atoms with Crippen LogP contribution in [-0.4, -0.2) is 52.5 Å². The van der Waals surface area contributed by atoms with Gasteiger partial charge in [0.25, 0.3) is 0 Å². The van der Waals surface area contributed by atoms with Gasteiger partial charge in [0.15, 0.2) is 5.78 Å². The van der Waals surface area contributed by atoms with E-state index in [2.05, 4.69) is 50.3 Å². The van der Waals surface area contributed by atoms with Crippen LogP contribution in [0.3, 0.4) is 0 Å². The molecule has 0 spiro atoms. The van der Waals surface area contributed by atoms with Crippen LogP contribution in [0.2, 0.25) is 0 Å². The second kappa shape index (κ2) is 9.08. The molecule has 0 unspecified atom stereocenters. The first kappa shape index (κ1) is 21.3. The number of hydrogen-bond donors (Lipinski definition) is 1. The summed E-state index contributed by atoms with van der Waals surface area (Å²) in [5, 5.41) is 3.78. The Kier molecular flexibility index (Phi) is 6.25. The second-order valence-corrected chi connectivity index (χ2v) is 8.48. The van der Waals surface area contributed by atoms with Gasteiger partial charge in [-0.1, -0.05) is 17.7 Å². The van der Waals surface area contributed by atoms with Gasteiger partial charge in [-0.25, -0.2) is 9.97 Å². The van der Waals surface area contributed by atoms with Crippen LogP contribution in [0.15, 0.2) is 40.1 Å². The molecule has 2 aromatic rings. The Morgan fingerprint density at radius 2 is 2.06 bits per heavy atom. The number of carbonyl (C=O) groups excluding carboxylic acids is 1. The number of allylic oxidation sites excluding steroid dienone is 3. The summed E-state index contributed by atoms with van der Waals surface area (Å²) in [5.74, 6) is 0.486. The first-order valence-corrected chi connectivity index (χ1v) is 10.7. The van der Waals surface area contributed by atoms with Crippen LogP contribution in [0.5, 0.6) is 0 Å². The molecule has 7 nitrogen and oxygen atoms in total. The number of aryl methyl sites for hydroxylation is 2. The third kappa shape index (κ3) is 4.89. The molecule has 160 valence electrons. The Labute approximate surface area is 187 Å². The zero-order chi connectivity index (χ0) is 22.0. The van der Waals surface area contributed by atoms with E-state index < -0.39 is 0 Å². The lowest BCUT2D eigenvalue weighted by Gasteiger charge is -2.18. The Hall–Kier alpha value is -2.90. The van der Waals surface area contributed by atoms with Crippen LogP contribution in [0.4, 0.5) is 11.6 Å². The summed E-state index contributed by atoms with van der Waals surface area (Å²) in [7, 11) is 4.15. The number of rotatable bonds is 6. The predicted octanol–water partition coefficient (Wildman–Crippen LogP) is 3.85. The number of halogens is 1. The number of nitrogens with zero attached hydrogens (tertiary/aromatic N) is 5. The minimum atomic E-state index is 0.0386. The fourth-order valence-corrected chi connectivity index (χ4v) is 3.83. The van der Waals surface area contributed by atoms with Gasteiger partial charge in [-0.15, -0.1) is 0 Å². The van der Waals surface area contributed by atoms with Crippen molar-refractivity contribution in [3.8, 4) is 0 Å². The van der Waals surface area contributed by atoms with E-state index in [1.54, 1.807) is 24.7 Å². The first-order valence-electron chi connectivity index (χ1n) is 10.3. The summed E-state index contributed by atoms with van der Waals surface area (Å²) < 4.78 is 0. The normalized spacial score (nSPS) is 15.5. The molecular formula is C23H25ClN6O. The number of aliphatic imine (C=N–C) groups is 1. The van der Waals surface area contributed by atoms with E-state index in [4.69, 9.17) is 11.6 Å². The van der Waals surface area contributed by atoms with Crippen LogP contribution in [0, 0.1) is 6.92 Å². The van der Waals surface area contributed by atoms with Gasteiger partial charge >= 0.3 is 0 Å². The fourth-order valence-electron chi connectivity index (χ4n) is 3.70. The van der Waals surface area contributed by atoms with Crippen molar-refractivity contribution in [2.45, 2.75) is 32.6 Å². The highest BCUT2D eigenvalue weighted by molar-refractivity contribution is 6.39. The van der Waals surface area contributed by atoms with Gasteiger partial charge in [0.1, 0.15) is 0 Å². The number of anilines is 2. The maximum Gasteiger partial charge on any atom is 0.227 e. The lowest BCUT2D eigenvalue weighted by Crippen LogP contribution is -2.17. The van der Waals surface area contributed by atoms with Gasteiger partial charge in [-0.2, -0.15) is 0 Å². The number of Topliss-reactive ketones (excluding diaryl/α,β-unsaturated/α-hetero) is 1. The molecule has 0 fully saturated rings. The van der Waals surface area contributed by atoms with E-state index in [0.717, 1.165) is 36.3 Å². The molecule has 3 heterocycles. The highest BCUT2D eigenvalue weighted by atomic mass is 35.5. The Bertz CT molecular complexity index is 1120. The largest absolute Gasteiger partial charge is 0.323 e. The van der Waals surface area contributed by atoms with Gasteiger partial charge in [0, 0.05) is 35.7 Å². The number of fused-ring (bicyclic) bond motifs is 2. The predicted molar refractivity (Wildman–Crippen MR) is 124 cm³/mol. The van der Waals surface area contributed by atoms with Crippen molar-refractivity contribution in [3.05, 3.63) is 57.7 Å². The van der Waals surface area contributed by atoms with Crippen LogP contribution < -0.4 is 5.32 Å². The van der Waals surface area contributed by atoms with Crippen molar-refractivity contribution < 1.29 is 4.79 Å². The minimum Gasteiger partial charge on any atom is -0.323 e. The highest BCUT2D eigenvalue weighted by Gasteiger charge is 2.27. The number of carbonyl (C=O) groups is 1. The van der Waals surface area contributed by atoms with Gasteiger partial charge in [-0.05, 0) is 58.5 Å². The summed E-state index contributed by atoms with van der Waals surface area (Å²) in [4.78, 5) is 32.8. The Balaban J connectivity index is 1.59. The summed E-state index contributed by atoms with van der Waals surface area (Å²) in [5.41, 5.74) is 5.74. The average Bonchev–Trinajstić information content (AvgIpc) is 2.93. The number of nitrogens with one attached hydrogen (secondary N) is 1. The molecule has 4 rings (SSSR count). The molecule has 0 radical (unpaired) electrons. The molecule has 8 heteroatoms. The third-order valence-corrected chi connectivity index (χ3v) is 5.63. The standard InChI is InChI=1S/C23H25ClN6O/c1-14-15(5-4-8-30(2)3)9-18(13-25-14)28-23-27-11-16-10-20(31)19-7-6-17(24)12-26-22(19)21(16)29-23/h6,9,11-13H,4-5,7-8,10H2,1-3H3,(H,27,28,29). The Morgan fingerprint density at radius 1 is 1.23 bits per heavy atom. The van der Waals surface area contributed by atoms with Gasteiger partial charge in [-0.3, -0.25) is 14.8 Å². The van der Waals surface area contributed by atoms with Crippen LogP contribution in [0.25, 0.3) is 5.70 Å². The number of aromatic nitrogens is 3. The minimum absolute atomic E-state index is 0.0386. The molecule has 1 aliphatic carbocycles. The van der Waals surface area contributed by atoms with Crippen molar-refractivity contribution >= 4 is 40.9 Å². The van der Waals surface area contributed by atoms with E-state index in [-0.39, 0.29) is 12.2 Å². The van der Waals surface area contributed by atoms with Crippen molar-refractivity contribution in [3.63, 3.8) is 0 Å². The molecule has 2 aromatic heterocycles. The van der Waals surface area contributed by atoms with E-state index >= 15 is 0 Å². The molecule has 0 aromatic carbocycles. The summed E-state index contributed by atoms with van der Waals surface area (Å²) >= 11 is 6.10. The fraction of sp³-hybridized carbons (Fsp3) is 0.348. The van der Waals surface area contributed by atoms with E-state index in [9.17, 15) is 4.79 Å². The molecule has 0 amide bonds. The van der Waals surface area contributed by atoms with Crippen LogP contribution >= 0.6 is 11.6 Å². The van der Waals surface area contributed by atoms with Gasteiger partial charge in [0.05, 0.1) is 28.3 Å². The van der Waals surface area contributed by atoms with Crippen molar-refractivity contribution in [1.82, 2.24) is 19.9 Å². The third-order valence-electron chi connectivity index (χ3n) is 5.38. The van der Waals surface area contributed by atoms with Crippen LogP contribution in [-0.2, 0) is 17.6 Å². The monoisotopic (exact) mass is 436 g/mol. The molecule has 0 saturated carbocycles. The lowest BCUT2D eigenvalue weighted by molar-refractivity contribution is -0.115.